The van der Waals surface area contributed by atoms with Crippen LogP contribution in [0.15, 0.2) is 18.2 Å². The van der Waals surface area contributed by atoms with E-state index in [1.807, 2.05) is 18.2 Å². The minimum absolute atomic E-state index is 0.403. The summed E-state index contributed by atoms with van der Waals surface area (Å²) in [7, 11) is 0. The lowest BCUT2D eigenvalue weighted by Crippen LogP contribution is -2.26. The molecule has 1 aliphatic heterocycles. The third kappa shape index (κ3) is 3.18. The van der Waals surface area contributed by atoms with Gasteiger partial charge in [0.1, 0.15) is 0 Å². The monoisotopic (exact) mass is 266 g/mol. The maximum Gasteiger partial charge on any atom is 0.0426 e. The molecule has 0 spiro atoms. The van der Waals surface area contributed by atoms with Gasteiger partial charge in [-0.3, -0.25) is 4.90 Å². The summed E-state index contributed by atoms with van der Waals surface area (Å²) in [4.78, 5) is 2.50. The minimum atomic E-state index is 0.403. The maximum atomic E-state index is 6.01. The third-order valence-corrected chi connectivity index (χ3v) is 4.23. The lowest BCUT2D eigenvalue weighted by molar-refractivity contribution is 0.226. The smallest absolute Gasteiger partial charge is 0.0426 e. The van der Waals surface area contributed by atoms with Crippen LogP contribution in [0.5, 0.6) is 0 Å². The van der Waals surface area contributed by atoms with Gasteiger partial charge in [0.2, 0.25) is 0 Å². The molecule has 1 aromatic carbocycles. The van der Waals surface area contributed by atoms with Gasteiger partial charge in [0.15, 0.2) is 0 Å². The van der Waals surface area contributed by atoms with Crippen LogP contribution in [-0.4, -0.2) is 18.0 Å². The first-order valence-electron chi connectivity index (χ1n) is 6.62. The van der Waals surface area contributed by atoms with Crippen LogP contribution in [0, 0.1) is 11.3 Å². The number of nitrogen functional groups attached to an aromatic ring is 1. The molecule has 2 N–H and O–H groups in total. The molecule has 1 aromatic rings. The highest BCUT2D eigenvalue weighted by Gasteiger charge is 2.31. The predicted molar refractivity (Wildman–Crippen MR) is 78.7 cm³/mol. The zero-order chi connectivity index (χ0) is 13.3. The standard InChI is InChI=1S/C15H23ClN2/c1-15(2,3)12-6-7-18(10-12)9-11-4-5-13(16)8-14(11)17/h4-5,8,12H,6-7,9-10,17H2,1-3H3. The average molecular weight is 267 g/mol. The Hall–Kier alpha value is -0.730. The number of nitrogens with two attached hydrogens (primary N) is 1. The van der Waals surface area contributed by atoms with E-state index < -0.39 is 0 Å². The Morgan fingerprint density at radius 1 is 1.39 bits per heavy atom. The van der Waals surface area contributed by atoms with Crippen molar-refractivity contribution in [2.45, 2.75) is 33.7 Å². The van der Waals surface area contributed by atoms with Crippen LogP contribution in [-0.2, 0) is 6.54 Å². The topological polar surface area (TPSA) is 29.3 Å². The van der Waals surface area contributed by atoms with Gasteiger partial charge in [-0.2, -0.15) is 0 Å². The molecule has 0 saturated carbocycles. The molecule has 1 saturated heterocycles. The molecule has 0 amide bonds. The maximum absolute atomic E-state index is 6.01. The molecule has 1 unspecified atom stereocenters. The van der Waals surface area contributed by atoms with E-state index in [2.05, 4.69) is 25.7 Å². The van der Waals surface area contributed by atoms with E-state index in [0.29, 0.717) is 10.4 Å². The van der Waals surface area contributed by atoms with Gasteiger partial charge >= 0.3 is 0 Å². The van der Waals surface area contributed by atoms with Crippen molar-refractivity contribution in [1.82, 2.24) is 4.90 Å². The summed E-state index contributed by atoms with van der Waals surface area (Å²) < 4.78 is 0. The molecule has 1 aliphatic rings. The van der Waals surface area contributed by atoms with Crippen LogP contribution in [0.4, 0.5) is 5.69 Å². The summed E-state index contributed by atoms with van der Waals surface area (Å²) in [5, 5.41) is 0.713. The van der Waals surface area contributed by atoms with Crippen molar-refractivity contribution in [2.75, 3.05) is 18.8 Å². The summed E-state index contributed by atoms with van der Waals surface area (Å²) in [6.07, 6.45) is 1.29. The SMILES string of the molecule is CC(C)(C)C1CCN(Cc2ccc(Cl)cc2N)C1. The van der Waals surface area contributed by atoms with Gasteiger partial charge < -0.3 is 5.73 Å². The second-order valence-electron chi connectivity index (χ2n) is 6.43. The van der Waals surface area contributed by atoms with Gasteiger partial charge in [-0.1, -0.05) is 38.4 Å². The Balaban J connectivity index is 1.99. The van der Waals surface area contributed by atoms with Crippen LogP contribution < -0.4 is 5.73 Å². The van der Waals surface area contributed by atoms with Crippen molar-refractivity contribution < 1.29 is 0 Å². The molecule has 0 aliphatic carbocycles. The second kappa shape index (κ2) is 5.10. The first-order valence-corrected chi connectivity index (χ1v) is 7.00. The van der Waals surface area contributed by atoms with Gasteiger partial charge in [-0.15, -0.1) is 0 Å². The van der Waals surface area contributed by atoms with Crippen molar-refractivity contribution in [3.63, 3.8) is 0 Å². The number of halogens is 1. The van der Waals surface area contributed by atoms with Crippen molar-refractivity contribution in [3.8, 4) is 0 Å². The molecule has 0 bridgehead atoms. The lowest BCUT2D eigenvalue weighted by atomic mass is 9.80. The Bertz CT molecular complexity index is 423. The van der Waals surface area contributed by atoms with E-state index in [1.54, 1.807) is 0 Å². The summed E-state index contributed by atoms with van der Waals surface area (Å²) in [5.41, 5.74) is 8.41. The fourth-order valence-electron chi connectivity index (χ4n) is 2.63. The van der Waals surface area contributed by atoms with Crippen molar-refractivity contribution in [1.29, 1.82) is 0 Å². The van der Waals surface area contributed by atoms with Crippen LogP contribution in [0.25, 0.3) is 0 Å². The molecule has 18 heavy (non-hydrogen) atoms. The highest BCUT2D eigenvalue weighted by atomic mass is 35.5. The number of anilines is 1. The van der Waals surface area contributed by atoms with E-state index in [-0.39, 0.29) is 0 Å². The van der Waals surface area contributed by atoms with E-state index in [1.165, 1.54) is 25.1 Å². The second-order valence-corrected chi connectivity index (χ2v) is 6.87. The number of rotatable bonds is 2. The Labute approximate surface area is 115 Å². The van der Waals surface area contributed by atoms with Crippen molar-refractivity contribution in [3.05, 3.63) is 28.8 Å². The molecule has 1 heterocycles. The molecule has 0 aromatic heterocycles. The molecule has 2 rings (SSSR count). The van der Waals surface area contributed by atoms with E-state index in [4.69, 9.17) is 17.3 Å². The number of likely N-dealkylation sites (tertiary alicyclic amines) is 1. The quantitative estimate of drug-likeness (QED) is 0.826. The Morgan fingerprint density at radius 2 is 2.11 bits per heavy atom. The molecular weight excluding hydrogens is 244 g/mol. The largest absolute Gasteiger partial charge is 0.398 e. The average Bonchev–Trinajstić information content (AvgIpc) is 2.70. The Kier molecular flexibility index (Phi) is 3.88. The van der Waals surface area contributed by atoms with Crippen LogP contribution in [0.3, 0.4) is 0 Å². The van der Waals surface area contributed by atoms with Gasteiger partial charge in [0.25, 0.3) is 0 Å². The highest BCUT2D eigenvalue weighted by molar-refractivity contribution is 6.30. The lowest BCUT2D eigenvalue weighted by Gasteiger charge is -2.27. The minimum Gasteiger partial charge on any atom is -0.398 e. The van der Waals surface area contributed by atoms with Gasteiger partial charge in [-0.25, -0.2) is 0 Å². The predicted octanol–water partition coefficient (Wildman–Crippen LogP) is 3.79. The molecule has 1 fully saturated rings. The van der Waals surface area contributed by atoms with Gasteiger partial charge in [-0.05, 0) is 42.0 Å². The van der Waals surface area contributed by atoms with Crippen LogP contribution in [0.2, 0.25) is 5.02 Å². The molecular formula is C15H23ClN2. The summed E-state index contributed by atoms with van der Waals surface area (Å²) >= 11 is 5.92. The number of nitrogens with zero attached hydrogens (tertiary/aromatic N) is 1. The van der Waals surface area contributed by atoms with Gasteiger partial charge in [0.05, 0.1) is 0 Å². The van der Waals surface area contributed by atoms with E-state index in [9.17, 15) is 0 Å². The van der Waals surface area contributed by atoms with Crippen LogP contribution >= 0.6 is 11.6 Å². The summed E-state index contributed by atoms with van der Waals surface area (Å²) in [6.45, 7) is 10.3. The third-order valence-electron chi connectivity index (χ3n) is 4.00. The highest BCUT2D eigenvalue weighted by Crippen LogP contribution is 2.34. The van der Waals surface area contributed by atoms with Crippen molar-refractivity contribution in [2.24, 2.45) is 11.3 Å². The fourth-order valence-corrected chi connectivity index (χ4v) is 2.81. The van der Waals surface area contributed by atoms with Crippen molar-refractivity contribution >= 4 is 17.3 Å². The van der Waals surface area contributed by atoms with Crippen LogP contribution in [0.1, 0.15) is 32.8 Å². The molecule has 3 heteroatoms. The zero-order valence-corrected chi connectivity index (χ0v) is 12.3. The normalized spacial score (nSPS) is 21.4. The first kappa shape index (κ1) is 13.7. The molecule has 0 radical (unpaired) electrons. The molecule has 100 valence electrons. The summed E-state index contributed by atoms with van der Waals surface area (Å²) in [6, 6.07) is 5.81. The fraction of sp³-hybridized carbons (Fsp3) is 0.600. The molecule has 2 nitrogen and oxygen atoms in total. The Morgan fingerprint density at radius 3 is 2.67 bits per heavy atom. The number of hydrogen-bond acceptors (Lipinski definition) is 2. The number of benzene rings is 1. The summed E-state index contributed by atoms with van der Waals surface area (Å²) in [5.74, 6) is 0.783. The number of hydrogen-bond donors (Lipinski definition) is 1. The molecule has 1 atom stereocenters. The first-order chi connectivity index (χ1) is 8.36. The van der Waals surface area contributed by atoms with E-state index in [0.717, 1.165) is 18.2 Å². The van der Waals surface area contributed by atoms with E-state index >= 15 is 0 Å². The van der Waals surface area contributed by atoms with Gasteiger partial charge in [0, 0.05) is 23.8 Å². The zero-order valence-electron chi connectivity index (χ0n) is 11.5.